The van der Waals surface area contributed by atoms with Crippen molar-refractivity contribution in [2.45, 2.75) is 33.1 Å². The Balaban J connectivity index is 2.32. The second-order valence-electron chi connectivity index (χ2n) is 4.69. The monoisotopic (exact) mass is 221 g/mol. The molecule has 0 aliphatic carbocycles. The van der Waals surface area contributed by atoms with E-state index in [0.717, 1.165) is 38.9 Å². The highest BCUT2D eigenvalue weighted by Gasteiger charge is 2.20. The Morgan fingerprint density at radius 1 is 1.44 bits per heavy atom. The quantitative estimate of drug-likeness (QED) is 0.665. The number of nitrogens with zero attached hydrogens (tertiary/aromatic N) is 1. The van der Waals surface area contributed by atoms with Crippen LogP contribution in [-0.2, 0) is 4.79 Å². The SMILES string of the molecule is C=C/C(=C\C)CN1CCC(CC(C)=O)CC1. The molecule has 0 bridgehead atoms. The summed E-state index contributed by atoms with van der Waals surface area (Å²) in [6, 6.07) is 0. The first-order valence-corrected chi connectivity index (χ1v) is 6.15. The first-order valence-electron chi connectivity index (χ1n) is 6.15. The molecule has 2 nitrogen and oxygen atoms in total. The molecule has 2 heteroatoms. The first kappa shape index (κ1) is 13.2. The summed E-state index contributed by atoms with van der Waals surface area (Å²) < 4.78 is 0. The Bertz CT molecular complexity index is 272. The number of carbonyl (C=O) groups excluding carboxylic acids is 1. The maximum atomic E-state index is 11.0. The van der Waals surface area contributed by atoms with Crippen LogP contribution in [-0.4, -0.2) is 30.3 Å². The molecule has 0 unspecified atom stereocenters. The molecule has 0 saturated carbocycles. The molecule has 1 aliphatic rings. The lowest BCUT2D eigenvalue weighted by molar-refractivity contribution is -0.118. The maximum Gasteiger partial charge on any atom is 0.130 e. The zero-order valence-electron chi connectivity index (χ0n) is 10.5. The Morgan fingerprint density at radius 3 is 2.50 bits per heavy atom. The largest absolute Gasteiger partial charge is 0.300 e. The number of likely N-dealkylation sites (tertiary alicyclic amines) is 1. The smallest absolute Gasteiger partial charge is 0.130 e. The molecule has 16 heavy (non-hydrogen) atoms. The summed E-state index contributed by atoms with van der Waals surface area (Å²) in [6.45, 7) is 10.8. The van der Waals surface area contributed by atoms with Crippen LogP contribution in [0.1, 0.15) is 33.1 Å². The number of rotatable bonds is 5. The van der Waals surface area contributed by atoms with Gasteiger partial charge in [-0.25, -0.2) is 0 Å². The molecular formula is C14H23NO. The normalized spacial score (nSPS) is 19.8. The fourth-order valence-electron chi connectivity index (χ4n) is 2.29. The number of hydrogen-bond donors (Lipinski definition) is 0. The van der Waals surface area contributed by atoms with Crippen LogP contribution in [0.3, 0.4) is 0 Å². The van der Waals surface area contributed by atoms with Gasteiger partial charge in [0.05, 0.1) is 0 Å². The van der Waals surface area contributed by atoms with Crippen molar-refractivity contribution < 1.29 is 4.79 Å². The molecule has 0 aromatic carbocycles. The number of carbonyl (C=O) groups is 1. The Labute approximate surface area is 99.0 Å². The number of hydrogen-bond acceptors (Lipinski definition) is 2. The van der Waals surface area contributed by atoms with Crippen LogP contribution in [0.15, 0.2) is 24.3 Å². The summed E-state index contributed by atoms with van der Waals surface area (Å²) in [7, 11) is 0. The molecule has 0 atom stereocenters. The number of ketones is 1. The summed E-state index contributed by atoms with van der Waals surface area (Å²) in [5.74, 6) is 0.949. The lowest BCUT2D eigenvalue weighted by Crippen LogP contribution is -2.35. The zero-order valence-corrected chi connectivity index (χ0v) is 10.5. The Morgan fingerprint density at radius 2 is 2.06 bits per heavy atom. The van der Waals surface area contributed by atoms with Crippen LogP contribution in [0.2, 0.25) is 0 Å². The third-order valence-corrected chi connectivity index (χ3v) is 3.32. The molecule has 0 aromatic heterocycles. The minimum Gasteiger partial charge on any atom is -0.300 e. The summed E-state index contributed by atoms with van der Waals surface area (Å²) in [5, 5.41) is 0. The molecule has 0 spiro atoms. The van der Waals surface area contributed by atoms with Crippen LogP contribution in [0.5, 0.6) is 0 Å². The predicted molar refractivity (Wildman–Crippen MR) is 68.4 cm³/mol. The van der Waals surface area contributed by atoms with Gasteiger partial charge in [0.25, 0.3) is 0 Å². The standard InChI is InChI=1S/C14H23NO/c1-4-13(5-2)11-15-8-6-14(7-9-15)10-12(3)16/h4-5,14H,1,6-11H2,2-3H3/b13-5+. The lowest BCUT2D eigenvalue weighted by Gasteiger charge is -2.31. The lowest BCUT2D eigenvalue weighted by atomic mass is 9.92. The highest BCUT2D eigenvalue weighted by atomic mass is 16.1. The van der Waals surface area contributed by atoms with Gasteiger partial charge in [0.1, 0.15) is 5.78 Å². The number of allylic oxidation sites excluding steroid dienone is 1. The van der Waals surface area contributed by atoms with E-state index in [-0.39, 0.29) is 0 Å². The highest BCUT2D eigenvalue weighted by Crippen LogP contribution is 2.21. The van der Waals surface area contributed by atoms with E-state index in [1.54, 1.807) is 6.92 Å². The topological polar surface area (TPSA) is 20.3 Å². The molecule has 1 aliphatic heterocycles. The van der Waals surface area contributed by atoms with Gasteiger partial charge in [-0.15, -0.1) is 0 Å². The minimum absolute atomic E-state index is 0.332. The third-order valence-electron chi connectivity index (χ3n) is 3.32. The number of Topliss-reactive ketones (excluding diaryl/α,β-unsaturated/α-hetero) is 1. The van der Waals surface area contributed by atoms with E-state index in [2.05, 4.69) is 24.5 Å². The van der Waals surface area contributed by atoms with Crippen molar-refractivity contribution in [3.8, 4) is 0 Å². The minimum atomic E-state index is 0.332. The first-order chi connectivity index (χ1) is 7.65. The molecular weight excluding hydrogens is 198 g/mol. The zero-order chi connectivity index (χ0) is 12.0. The summed E-state index contributed by atoms with van der Waals surface area (Å²) in [4.78, 5) is 13.5. The summed E-state index contributed by atoms with van der Waals surface area (Å²) >= 11 is 0. The van der Waals surface area contributed by atoms with Crippen molar-refractivity contribution in [2.24, 2.45) is 5.92 Å². The van der Waals surface area contributed by atoms with Crippen molar-refractivity contribution in [2.75, 3.05) is 19.6 Å². The van der Waals surface area contributed by atoms with Gasteiger partial charge in [0.2, 0.25) is 0 Å². The van der Waals surface area contributed by atoms with E-state index in [0.29, 0.717) is 11.7 Å². The van der Waals surface area contributed by atoms with Crippen LogP contribution in [0.25, 0.3) is 0 Å². The summed E-state index contributed by atoms with van der Waals surface area (Å²) in [5.41, 5.74) is 1.30. The molecule has 1 saturated heterocycles. The molecule has 90 valence electrons. The van der Waals surface area contributed by atoms with E-state index < -0.39 is 0 Å². The Hall–Kier alpha value is -0.890. The maximum absolute atomic E-state index is 11.0. The van der Waals surface area contributed by atoms with Gasteiger partial charge in [-0.3, -0.25) is 4.90 Å². The highest BCUT2D eigenvalue weighted by molar-refractivity contribution is 5.75. The molecule has 0 aromatic rings. The number of piperidine rings is 1. The second-order valence-corrected chi connectivity index (χ2v) is 4.69. The van der Waals surface area contributed by atoms with E-state index >= 15 is 0 Å². The van der Waals surface area contributed by atoms with E-state index in [9.17, 15) is 4.79 Å². The fraction of sp³-hybridized carbons (Fsp3) is 0.643. The van der Waals surface area contributed by atoms with Crippen molar-refractivity contribution in [3.63, 3.8) is 0 Å². The van der Waals surface area contributed by atoms with Crippen LogP contribution >= 0.6 is 0 Å². The molecule has 1 fully saturated rings. The molecule has 1 rings (SSSR count). The van der Waals surface area contributed by atoms with Crippen LogP contribution in [0, 0.1) is 5.92 Å². The van der Waals surface area contributed by atoms with Crippen LogP contribution < -0.4 is 0 Å². The van der Waals surface area contributed by atoms with E-state index in [1.165, 1.54) is 5.57 Å². The molecule has 1 heterocycles. The molecule has 0 N–H and O–H groups in total. The van der Waals surface area contributed by atoms with Crippen molar-refractivity contribution >= 4 is 5.78 Å². The van der Waals surface area contributed by atoms with Gasteiger partial charge in [0.15, 0.2) is 0 Å². The van der Waals surface area contributed by atoms with E-state index in [1.807, 2.05) is 6.08 Å². The van der Waals surface area contributed by atoms with Gasteiger partial charge in [-0.05, 0) is 51.3 Å². The average Bonchev–Trinajstić information content (AvgIpc) is 2.27. The third kappa shape index (κ3) is 4.31. The van der Waals surface area contributed by atoms with Crippen molar-refractivity contribution in [1.29, 1.82) is 0 Å². The van der Waals surface area contributed by atoms with Crippen molar-refractivity contribution in [1.82, 2.24) is 4.90 Å². The van der Waals surface area contributed by atoms with Crippen LogP contribution in [0.4, 0.5) is 0 Å². The molecule has 0 radical (unpaired) electrons. The average molecular weight is 221 g/mol. The van der Waals surface area contributed by atoms with Gasteiger partial charge in [0, 0.05) is 13.0 Å². The van der Waals surface area contributed by atoms with Gasteiger partial charge in [-0.2, -0.15) is 0 Å². The molecule has 0 amide bonds. The summed E-state index contributed by atoms with van der Waals surface area (Å²) in [6.07, 6.45) is 7.14. The van der Waals surface area contributed by atoms with Crippen molar-refractivity contribution in [3.05, 3.63) is 24.3 Å². The van der Waals surface area contributed by atoms with E-state index in [4.69, 9.17) is 0 Å². The van der Waals surface area contributed by atoms with Gasteiger partial charge in [-0.1, -0.05) is 18.7 Å². The Kier molecular flexibility index (Phi) is 5.47. The predicted octanol–water partition coefficient (Wildman–Crippen LogP) is 2.81. The second kappa shape index (κ2) is 6.64. The fourth-order valence-corrected chi connectivity index (χ4v) is 2.29. The van der Waals surface area contributed by atoms with Gasteiger partial charge >= 0.3 is 0 Å². The van der Waals surface area contributed by atoms with Gasteiger partial charge < -0.3 is 4.79 Å².